The Morgan fingerprint density at radius 3 is 2.41 bits per heavy atom. The van der Waals surface area contributed by atoms with Gasteiger partial charge in [-0.2, -0.15) is 0 Å². The number of halogens is 1. The first-order chi connectivity index (χ1) is 16.5. The van der Waals surface area contributed by atoms with E-state index in [2.05, 4.69) is 34.6 Å². The van der Waals surface area contributed by atoms with Crippen LogP contribution in [0.2, 0.25) is 5.02 Å². The molecule has 5 rings (SSSR count). The molecule has 34 heavy (non-hydrogen) atoms. The maximum Gasteiger partial charge on any atom is 0.349 e. The Balaban J connectivity index is 1.42. The predicted molar refractivity (Wildman–Crippen MR) is 138 cm³/mol. The van der Waals surface area contributed by atoms with Crippen LogP contribution in [-0.2, 0) is 6.42 Å². The van der Waals surface area contributed by atoms with Gasteiger partial charge in [0.25, 0.3) is 5.91 Å². The van der Waals surface area contributed by atoms with Crippen molar-refractivity contribution in [3.05, 3.63) is 105 Å². The number of aryl methyl sites for hydroxylation is 1. The number of nitrogens with zero attached hydrogens (tertiary/aromatic N) is 1. The summed E-state index contributed by atoms with van der Waals surface area (Å²) in [5.74, 6) is -0.571. The van der Waals surface area contributed by atoms with Crippen molar-refractivity contribution in [3.63, 3.8) is 0 Å². The number of aromatic nitrogens is 1. The summed E-state index contributed by atoms with van der Waals surface area (Å²) in [6.07, 6.45) is 0.764. The molecule has 0 unspecified atom stereocenters. The number of thiazole rings is 1. The Kier molecular flexibility index (Phi) is 6.01. The van der Waals surface area contributed by atoms with Gasteiger partial charge in [0.15, 0.2) is 5.13 Å². The van der Waals surface area contributed by atoms with E-state index in [9.17, 15) is 9.59 Å². The number of fused-ring (bicyclic) bond motifs is 1. The molecule has 0 aliphatic heterocycles. The molecule has 0 aliphatic carbocycles. The summed E-state index contributed by atoms with van der Waals surface area (Å²) < 4.78 is 5.28. The van der Waals surface area contributed by atoms with Crippen molar-refractivity contribution in [3.8, 4) is 22.4 Å². The van der Waals surface area contributed by atoms with Crippen molar-refractivity contribution in [2.75, 3.05) is 5.32 Å². The largest absolute Gasteiger partial charge is 0.422 e. The first-order valence-corrected chi connectivity index (χ1v) is 11.9. The third-order valence-corrected chi connectivity index (χ3v) is 6.79. The smallest absolute Gasteiger partial charge is 0.349 e. The summed E-state index contributed by atoms with van der Waals surface area (Å²) in [7, 11) is 0. The standard InChI is InChI=1S/C27H19ClN2O3S/c1-2-23-24(18-10-8-17(9-11-18)16-6-4-3-5-7-16)29-27(34-23)30-25(31)21-15-19-14-20(28)12-13-22(19)33-26(21)32/h3-15H,2H2,1H3,(H,29,30,31). The molecule has 0 saturated heterocycles. The molecule has 0 radical (unpaired) electrons. The highest BCUT2D eigenvalue weighted by Crippen LogP contribution is 2.33. The molecule has 2 heterocycles. The van der Waals surface area contributed by atoms with Crippen LogP contribution in [0.3, 0.4) is 0 Å². The van der Waals surface area contributed by atoms with Gasteiger partial charge in [0, 0.05) is 20.8 Å². The lowest BCUT2D eigenvalue weighted by atomic mass is 10.0. The molecule has 0 aliphatic rings. The van der Waals surface area contributed by atoms with Gasteiger partial charge in [-0.3, -0.25) is 10.1 Å². The van der Waals surface area contributed by atoms with E-state index in [-0.39, 0.29) is 5.56 Å². The topological polar surface area (TPSA) is 72.2 Å². The molecule has 0 atom stereocenters. The van der Waals surface area contributed by atoms with Gasteiger partial charge in [-0.25, -0.2) is 9.78 Å². The van der Waals surface area contributed by atoms with Crippen LogP contribution in [0.15, 0.2) is 88.1 Å². The number of rotatable bonds is 5. The van der Waals surface area contributed by atoms with Crippen molar-refractivity contribution >= 4 is 44.9 Å². The van der Waals surface area contributed by atoms with Gasteiger partial charge in [-0.1, -0.05) is 73.1 Å². The fourth-order valence-corrected chi connectivity index (χ4v) is 4.84. The molecule has 7 heteroatoms. The summed E-state index contributed by atoms with van der Waals surface area (Å²) in [4.78, 5) is 30.9. The van der Waals surface area contributed by atoms with E-state index in [1.54, 1.807) is 18.2 Å². The molecular weight excluding hydrogens is 468 g/mol. The summed E-state index contributed by atoms with van der Waals surface area (Å²) in [6.45, 7) is 2.04. The predicted octanol–water partition coefficient (Wildman–Crippen LogP) is 7.05. The minimum atomic E-state index is -0.712. The molecule has 0 bridgehead atoms. The second-order valence-electron chi connectivity index (χ2n) is 7.67. The third kappa shape index (κ3) is 4.38. The van der Waals surface area contributed by atoms with Crippen molar-refractivity contribution in [2.24, 2.45) is 0 Å². The van der Waals surface area contributed by atoms with Crippen molar-refractivity contribution in [1.29, 1.82) is 0 Å². The number of nitrogens with one attached hydrogen (secondary N) is 1. The average molecular weight is 487 g/mol. The number of carbonyl (C=O) groups is 1. The normalized spacial score (nSPS) is 11.0. The molecular formula is C27H19ClN2O3S. The third-order valence-electron chi connectivity index (χ3n) is 5.44. The Morgan fingerprint density at radius 1 is 0.971 bits per heavy atom. The van der Waals surface area contributed by atoms with Gasteiger partial charge in [0.05, 0.1) is 5.69 Å². The zero-order valence-corrected chi connectivity index (χ0v) is 19.7. The summed E-state index contributed by atoms with van der Waals surface area (Å²) in [5.41, 5.74) is 3.61. The quantitative estimate of drug-likeness (QED) is 0.270. The summed E-state index contributed by atoms with van der Waals surface area (Å²) in [6, 6.07) is 24.7. The first kappa shape index (κ1) is 22.1. The first-order valence-electron chi connectivity index (χ1n) is 10.7. The maximum atomic E-state index is 12.9. The molecule has 0 fully saturated rings. The number of anilines is 1. The molecule has 3 aromatic carbocycles. The highest BCUT2D eigenvalue weighted by Gasteiger charge is 2.18. The Morgan fingerprint density at radius 2 is 1.68 bits per heavy atom. The van der Waals surface area contributed by atoms with Crippen molar-refractivity contribution in [2.45, 2.75) is 13.3 Å². The maximum absolute atomic E-state index is 12.9. The zero-order valence-electron chi connectivity index (χ0n) is 18.2. The Bertz CT molecular complexity index is 1560. The number of benzene rings is 3. The van der Waals surface area contributed by atoms with Crippen LogP contribution in [0, 0.1) is 0 Å². The number of hydrogen-bond donors (Lipinski definition) is 1. The second-order valence-corrected chi connectivity index (χ2v) is 9.19. The monoisotopic (exact) mass is 486 g/mol. The van der Waals surface area contributed by atoms with Gasteiger partial charge < -0.3 is 4.42 Å². The lowest BCUT2D eigenvalue weighted by molar-refractivity contribution is 0.102. The van der Waals surface area contributed by atoms with E-state index < -0.39 is 11.5 Å². The van der Waals surface area contributed by atoms with E-state index in [0.717, 1.165) is 33.7 Å². The highest BCUT2D eigenvalue weighted by molar-refractivity contribution is 7.16. The molecule has 0 spiro atoms. The van der Waals surface area contributed by atoms with E-state index in [0.29, 0.717) is 21.1 Å². The van der Waals surface area contributed by atoms with Gasteiger partial charge in [0.1, 0.15) is 11.1 Å². The number of hydrogen-bond acceptors (Lipinski definition) is 5. The van der Waals surface area contributed by atoms with Crippen LogP contribution < -0.4 is 10.9 Å². The van der Waals surface area contributed by atoms with E-state index in [1.807, 2.05) is 37.3 Å². The molecule has 5 aromatic rings. The van der Waals surface area contributed by atoms with Crippen LogP contribution in [0.5, 0.6) is 0 Å². The Hall–Kier alpha value is -3.74. The van der Waals surface area contributed by atoms with Gasteiger partial charge in [-0.05, 0) is 41.8 Å². The summed E-state index contributed by atoms with van der Waals surface area (Å²) in [5, 5.41) is 4.24. The van der Waals surface area contributed by atoms with E-state index in [4.69, 9.17) is 16.0 Å². The van der Waals surface area contributed by atoms with Crippen LogP contribution in [0.25, 0.3) is 33.4 Å². The van der Waals surface area contributed by atoms with Gasteiger partial charge >= 0.3 is 5.63 Å². The fourth-order valence-electron chi connectivity index (χ4n) is 3.74. The molecule has 168 valence electrons. The fraction of sp³-hybridized carbons (Fsp3) is 0.0741. The van der Waals surface area contributed by atoms with Crippen LogP contribution in [0.4, 0.5) is 5.13 Å². The second kappa shape index (κ2) is 9.25. The van der Waals surface area contributed by atoms with Gasteiger partial charge in [-0.15, -0.1) is 11.3 Å². The lowest BCUT2D eigenvalue weighted by Gasteiger charge is -2.04. The van der Waals surface area contributed by atoms with E-state index >= 15 is 0 Å². The van der Waals surface area contributed by atoms with Crippen molar-refractivity contribution < 1.29 is 9.21 Å². The SMILES string of the molecule is CCc1sc(NC(=O)c2cc3cc(Cl)ccc3oc2=O)nc1-c1ccc(-c2ccccc2)cc1. The van der Waals surface area contributed by atoms with Crippen LogP contribution in [-0.4, -0.2) is 10.9 Å². The van der Waals surface area contributed by atoms with Crippen LogP contribution >= 0.6 is 22.9 Å². The number of amides is 1. The van der Waals surface area contributed by atoms with Crippen LogP contribution in [0.1, 0.15) is 22.2 Å². The molecule has 1 N–H and O–H groups in total. The Labute approximate surface area is 204 Å². The van der Waals surface area contributed by atoms with Gasteiger partial charge in [0.2, 0.25) is 0 Å². The number of carbonyl (C=O) groups excluding carboxylic acids is 1. The lowest BCUT2D eigenvalue weighted by Crippen LogP contribution is -2.20. The molecule has 5 nitrogen and oxygen atoms in total. The average Bonchev–Trinajstić information content (AvgIpc) is 3.27. The minimum Gasteiger partial charge on any atom is -0.422 e. The molecule has 2 aromatic heterocycles. The molecule has 0 saturated carbocycles. The highest BCUT2D eigenvalue weighted by atomic mass is 35.5. The van der Waals surface area contributed by atoms with E-state index in [1.165, 1.54) is 17.4 Å². The minimum absolute atomic E-state index is 0.100. The zero-order chi connectivity index (χ0) is 23.7. The molecule has 1 amide bonds. The van der Waals surface area contributed by atoms with Crippen molar-refractivity contribution in [1.82, 2.24) is 4.98 Å². The summed E-state index contributed by atoms with van der Waals surface area (Å²) >= 11 is 7.42.